The summed E-state index contributed by atoms with van der Waals surface area (Å²) in [5, 5.41) is 20.0. The summed E-state index contributed by atoms with van der Waals surface area (Å²) in [7, 11) is 0.998. The zero-order chi connectivity index (χ0) is 13.9. The molecule has 0 saturated heterocycles. The minimum Gasteiger partial charge on any atom is -0.480 e. The van der Waals surface area contributed by atoms with Crippen LogP contribution >= 0.6 is 0 Å². The van der Waals surface area contributed by atoms with Crippen LogP contribution in [0.4, 0.5) is 5.69 Å². The number of rotatable bonds is 4. The molecule has 0 radical (unpaired) electrons. The molecular weight excluding hydrogens is 244 g/mol. The van der Waals surface area contributed by atoms with Crippen LogP contribution in [0.1, 0.15) is 12.6 Å². The third kappa shape index (κ3) is 1.99. The third-order valence-corrected chi connectivity index (χ3v) is 2.48. The molecule has 0 aliphatic carbocycles. The maximum atomic E-state index is 11.6. The third-order valence-electron chi connectivity index (χ3n) is 2.48. The first kappa shape index (κ1) is 13.6. The van der Waals surface area contributed by atoms with Crippen LogP contribution in [0, 0.1) is 10.1 Å². The second-order valence-corrected chi connectivity index (χ2v) is 3.55. The highest BCUT2D eigenvalue weighted by Gasteiger charge is 2.50. The van der Waals surface area contributed by atoms with Gasteiger partial charge in [0.15, 0.2) is 0 Å². The molecule has 96 valence electrons. The summed E-state index contributed by atoms with van der Waals surface area (Å²) >= 11 is 0. The lowest BCUT2D eigenvalue weighted by molar-refractivity contribution is -0.386. The van der Waals surface area contributed by atoms with Gasteiger partial charge in [-0.05, 0) is 13.0 Å². The van der Waals surface area contributed by atoms with Crippen molar-refractivity contribution in [3.05, 3.63) is 34.1 Å². The van der Waals surface area contributed by atoms with Crippen LogP contribution in [-0.4, -0.2) is 34.1 Å². The highest BCUT2D eigenvalue weighted by molar-refractivity contribution is 6.05. The van der Waals surface area contributed by atoms with Gasteiger partial charge in [0.2, 0.25) is 5.41 Å². The summed E-state index contributed by atoms with van der Waals surface area (Å²) in [6.07, 6.45) is 1.17. The predicted octanol–water partition coefficient (Wildman–Crippen LogP) is 0.505. The molecule has 1 rings (SSSR count). The number of ether oxygens (including phenoxy) is 1. The van der Waals surface area contributed by atoms with E-state index in [1.165, 1.54) is 12.3 Å². The van der Waals surface area contributed by atoms with Gasteiger partial charge in [-0.2, -0.15) is 0 Å². The molecule has 0 bridgehead atoms. The van der Waals surface area contributed by atoms with Crippen LogP contribution in [0.2, 0.25) is 0 Å². The number of carboxylic acid groups (broad SMARTS) is 1. The van der Waals surface area contributed by atoms with Crippen LogP contribution in [0.25, 0.3) is 0 Å². The maximum absolute atomic E-state index is 11.6. The number of pyridine rings is 1. The molecule has 0 amide bonds. The number of hydrogen-bond donors (Lipinski definition) is 1. The highest BCUT2D eigenvalue weighted by Crippen LogP contribution is 2.31. The molecule has 1 aromatic rings. The van der Waals surface area contributed by atoms with Crippen molar-refractivity contribution in [1.29, 1.82) is 0 Å². The highest BCUT2D eigenvalue weighted by atomic mass is 16.6. The van der Waals surface area contributed by atoms with Gasteiger partial charge in [-0.15, -0.1) is 0 Å². The van der Waals surface area contributed by atoms with Crippen molar-refractivity contribution in [2.45, 2.75) is 12.3 Å². The lowest BCUT2D eigenvalue weighted by Gasteiger charge is -2.20. The number of carbonyl (C=O) groups excluding carboxylic acids is 1. The Morgan fingerprint density at radius 1 is 1.56 bits per heavy atom. The minimum atomic E-state index is -2.22. The monoisotopic (exact) mass is 254 g/mol. The molecule has 8 nitrogen and oxygen atoms in total. The van der Waals surface area contributed by atoms with Crippen LogP contribution in [0.5, 0.6) is 0 Å². The number of nitro groups is 1. The molecule has 0 aliphatic heterocycles. The van der Waals surface area contributed by atoms with Crippen molar-refractivity contribution in [1.82, 2.24) is 4.98 Å². The Kier molecular flexibility index (Phi) is 3.60. The molecule has 0 saturated carbocycles. The van der Waals surface area contributed by atoms with Crippen molar-refractivity contribution in [3.63, 3.8) is 0 Å². The summed E-state index contributed by atoms with van der Waals surface area (Å²) in [5.74, 6) is -2.70. The van der Waals surface area contributed by atoms with Gasteiger partial charge in [-0.3, -0.25) is 24.7 Å². The summed E-state index contributed by atoms with van der Waals surface area (Å²) in [4.78, 5) is 36.5. The van der Waals surface area contributed by atoms with Crippen LogP contribution in [-0.2, 0) is 19.7 Å². The van der Waals surface area contributed by atoms with Crippen molar-refractivity contribution in [2.24, 2.45) is 0 Å². The standard InChI is InChI=1S/C10H10N2O6/c1-10(8(13)14,9(15)18-2)7-6(12(16)17)4-3-5-11-7/h3-5H,1-2H3,(H,13,14). The van der Waals surface area contributed by atoms with E-state index >= 15 is 0 Å². The number of aliphatic carboxylic acids is 1. The van der Waals surface area contributed by atoms with Crippen LogP contribution in [0.15, 0.2) is 18.3 Å². The summed E-state index contributed by atoms with van der Waals surface area (Å²) in [6.45, 7) is 1.01. The van der Waals surface area contributed by atoms with Crippen molar-refractivity contribution in [2.75, 3.05) is 7.11 Å². The largest absolute Gasteiger partial charge is 0.480 e. The number of aromatic nitrogens is 1. The molecule has 1 heterocycles. The first-order valence-corrected chi connectivity index (χ1v) is 4.77. The van der Waals surface area contributed by atoms with E-state index in [-0.39, 0.29) is 0 Å². The lowest BCUT2D eigenvalue weighted by atomic mass is 9.85. The van der Waals surface area contributed by atoms with Gasteiger partial charge in [0.25, 0.3) is 5.69 Å². The van der Waals surface area contributed by atoms with E-state index in [0.29, 0.717) is 0 Å². The van der Waals surface area contributed by atoms with Gasteiger partial charge < -0.3 is 9.84 Å². The van der Waals surface area contributed by atoms with E-state index in [9.17, 15) is 19.7 Å². The molecule has 1 N–H and O–H groups in total. The van der Waals surface area contributed by atoms with E-state index in [1.807, 2.05) is 0 Å². The van der Waals surface area contributed by atoms with Gasteiger partial charge in [0.05, 0.1) is 12.0 Å². The van der Waals surface area contributed by atoms with E-state index in [2.05, 4.69) is 9.72 Å². The van der Waals surface area contributed by atoms with Crippen molar-refractivity contribution in [3.8, 4) is 0 Å². The Balaban J connectivity index is 3.54. The van der Waals surface area contributed by atoms with Gasteiger partial charge in [-0.25, -0.2) is 0 Å². The first-order chi connectivity index (χ1) is 8.35. The average Bonchev–Trinajstić information content (AvgIpc) is 2.36. The molecule has 0 fully saturated rings. The second-order valence-electron chi connectivity index (χ2n) is 3.55. The molecular formula is C10H10N2O6. The van der Waals surface area contributed by atoms with Crippen molar-refractivity contribution >= 4 is 17.6 Å². The zero-order valence-electron chi connectivity index (χ0n) is 9.61. The van der Waals surface area contributed by atoms with Crippen LogP contribution < -0.4 is 0 Å². The molecule has 1 atom stereocenters. The topological polar surface area (TPSA) is 120 Å². The Morgan fingerprint density at radius 3 is 2.61 bits per heavy atom. The Hall–Kier alpha value is -2.51. The van der Waals surface area contributed by atoms with Crippen LogP contribution in [0.3, 0.4) is 0 Å². The van der Waals surface area contributed by atoms with Gasteiger partial charge in [-0.1, -0.05) is 0 Å². The molecule has 8 heteroatoms. The Morgan fingerprint density at radius 2 is 2.17 bits per heavy atom. The number of esters is 1. The van der Waals surface area contributed by atoms with Gasteiger partial charge >= 0.3 is 11.9 Å². The number of nitrogens with zero attached hydrogens (tertiary/aromatic N) is 2. The van der Waals surface area contributed by atoms with E-state index in [0.717, 1.165) is 20.1 Å². The Bertz CT molecular complexity index is 515. The number of carboxylic acids is 1. The fourth-order valence-electron chi connectivity index (χ4n) is 1.42. The van der Waals surface area contributed by atoms with E-state index < -0.39 is 33.7 Å². The second kappa shape index (κ2) is 4.78. The molecule has 1 aromatic heterocycles. The summed E-state index contributed by atoms with van der Waals surface area (Å²) < 4.78 is 4.38. The number of hydrogen-bond acceptors (Lipinski definition) is 6. The number of carbonyl (C=O) groups is 2. The summed E-state index contributed by atoms with van der Waals surface area (Å²) in [5.41, 5.74) is -3.24. The summed E-state index contributed by atoms with van der Waals surface area (Å²) in [6, 6.07) is 2.35. The van der Waals surface area contributed by atoms with E-state index in [1.54, 1.807) is 0 Å². The fourth-order valence-corrected chi connectivity index (χ4v) is 1.42. The average molecular weight is 254 g/mol. The quantitative estimate of drug-likeness (QED) is 0.359. The molecule has 0 aromatic carbocycles. The molecule has 0 spiro atoms. The number of methoxy groups -OCH3 is 1. The Labute approximate surface area is 101 Å². The molecule has 0 aliphatic rings. The lowest BCUT2D eigenvalue weighted by Crippen LogP contribution is -2.43. The predicted molar refractivity (Wildman–Crippen MR) is 57.9 cm³/mol. The molecule has 18 heavy (non-hydrogen) atoms. The van der Waals surface area contributed by atoms with Gasteiger partial charge in [0, 0.05) is 12.3 Å². The zero-order valence-corrected chi connectivity index (χ0v) is 9.61. The fraction of sp³-hybridized carbons (Fsp3) is 0.300. The first-order valence-electron chi connectivity index (χ1n) is 4.77. The maximum Gasteiger partial charge on any atom is 0.329 e. The SMILES string of the molecule is COC(=O)C(C)(C(=O)O)c1ncccc1[N+](=O)[O-]. The van der Waals surface area contributed by atoms with Crippen molar-refractivity contribution < 1.29 is 24.4 Å². The smallest absolute Gasteiger partial charge is 0.329 e. The normalized spacial score (nSPS) is 13.4. The van der Waals surface area contributed by atoms with Gasteiger partial charge in [0.1, 0.15) is 5.69 Å². The minimum absolute atomic E-state index is 0.464. The van der Waals surface area contributed by atoms with E-state index in [4.69, 9.17) is 5.11 Å². The molecule has 1 unspecified atom stereocenters.